The van der Waals surface area contributed by atoms with Gasteiger partial charge in [-0.2, -0.15) is 0 Å². The zero-order valence-electron chi connectivity index (χ0n) is 16.7. The summed E-state index contributed by atoms with van der Waals surface area (Å²) in [6.07, 6.45) is 0. The van der Waals surface area contributed by atoms with E-state index in [1.165, 1.54) is 18.7 Å². The molecule has 0 fully saturated rings. The van der Waals surface area contributed by atoms with E-state index in [0.717, 1.165) is 5.75 Å². The second-order valence-electron chi connectivity index (χ2n) is 6.21. The Bertz CT molecular complexity index is 852. The van der Waals surface area contributed by atoms with Crippen LogP contribution in [-0.2, 0) is 14.4 Å². The van der Waals surface area contributed by atoms with Crippen molar-refractivity contribution in [2.24, 2.45) is 0 Å². The summed E-state index contributed by atoms with van der Waals surface area (Å²) < 4.78 is 10.6. The lowest BCUT2D eigenvalue weighted by molar-refractivity contribution is -0.123. The van der Waals surface area contributed by atoms with Gasteiger partial charge in [-0.15, -0.1) is 0 Å². The van der Waals surface area contributed by atoms with E-state index >= 15 is 0 Å². The number of hydrogen-bond acceptors (Lipinski definition) is 5. The Balaban J connectivity index is 1.86. The number of ether oxygens (including phenoxy) is 2. The fourth-order valence-electron chi connectivity index (χ4n) is 2.57. The van der Waals surface area contributed by atoms with E-state index in [-0.39, 0.29) is 30.9 Å². The molecule has 2 N–H and O–H groups in total. The number of hydrogen-bond donors (Lipinski definition) is 2. The lowest BCUT2D eigenvalue weighted by atomic mass is 10.2. The van der Waals surface area contributed by atoms with Crippen molar-refractivity contribution < 1.29 is 23.9 Å². The number of anilines is 2. The van der Waals surface area contributed by atoms with Crippen molar-refractivity contribution in [3.63, 3.8) is 0 Å². The van der Waals surface area contributed by atoms with Gasteiger partial charge in [-0.25, -0.2) is 0 Å². The molecule has 0 saturated heterocycles. The maximum absolute atomic E-state index is 12.2. The summed E-state index contributed by atoms with van der Waals surface area (Å²) in [5.41, 5.74) is 1.07. The molecule has 0 aliphatic carbocycles. The van der Waals surface area contributed by atoms with Crippen LogP contribution in [0.25, 0.3) is 0 Å². The summed E-state index contributed by atoms with van der Waals surface area (Å²) >= 11 is 0. The van der Waals surface area contributed by atoms with Gasteiger partial charge < -0.3 is 25.0 Å². The molecular weight excluding hydrogens is 374 g/mol. The highest BCUT2D eigenvalue weighted by Gasteiger charge is 2.16. The third-order valence-corrected chi connectivity index (χ3v) is 3.91. The van der Waals surface area contributed by atoms with Crippen LogP contribution in [0.3, 0.4) is 0 Å². The third kappa shape index (κ3) is 7.17. The quantitative estimate of drug-likeness (QED) is 0.630. The maximum atomic E-state index is 12.2. The number of methoxy groups -OCH3 is 1. The van der Waals surface area contributed by atoms with Crippen LogP contribution in [0.5, 0.6) is 11.5 Å². The molecular formula is C21H25N3O5. The van der Waals surface area contributed by atoms with Crippen molar-refractivity contribution in [3.05, 3.63) is 48.5 Å². The van der Waals surface area contributed by atoms with Gasteiger partial charge in [-0.3, -0.25) is 14.4 Å². The minimum atomic E-state index is -0.316. The summed E-state index contributed by atoms with van der Waals surface area (Å²) in [5.74, 6) is 0.585. The van der Waals surface area contributed by atoms with E-state index in [9.17, 15) is 14.4 Å². The molecule has 3 amide bonds. The van der Waals surface area contributed by atoms with Gasteiger partial charge in [0.15, 0.2) is 0 Å². The Kier molecular flexibility index (Phi) is 8.02. The standard InChI is InChI=1S/C21H25N3O5/c1-15(25)23-17-5-4-6-18(13-17)24(16(2)26)14-21(27)22-11-12-29-20-9-7-19(28-3)8-10-20/h4-10,13H,11-12,14H2,1-3H3,(H,22,27)(H,23,25). The number of nitrogens with one attached hydrogen (secondary N) is 2. The second-order valence-corrected chi connectivity index (χ2v) is 6.21. The van der Waals surface area contributed by atoms with Crippen LogP contribution in [0.15, 0.2) is 48.5 Å². The van der Waals surface area contributed by atoms with Crippen molar-refractivity contribution >= 4 is 29.1 Å². The first-order valence-electron chi connectivity index (χ1n) is 9.08. The van der Waals surface area contributed by atoms with Gasteiger partial charge in [0, 0.05) is 25.2 Å². The van der Waals surface area contributed by atoms with Crippen LogP contribution < -0.4 is 25.0 Å². The van der Waals surface area contributed by atoms with Crippen LogP contribution in [0.4, 0.5) is 11.4 Å². The number of amides is 3. The van der Waals surface area contributed by atoms with Crippen LogP contribution in [0.1, 0.15) is 13.8 Å². The van der Waals surface area contributed by atoms with Gasteiger partial charge in [-0.05, 0) is 42.5 Å². The lowest BCUT2D eigenvalue weighted by Gasteiger charge is -2.21. The van der Waals surface area contributed by atoms with E-state index in [4.69, 9.17) is 9.47 Å². The summed E-state index contributed by atoms with van der Waals surface area (Å²) in [4.78, 5) is 36.8. The summed E-state index contributed by atoms with van der Waals surface area (Å²) in [5, 5.41) is 5.38. The molecule has 2 rings (SSSR count). The Labute approximate surface area is 169 Å². The highest BCUT2D eigenvalue weighted by Crippen LogP contribution is 2.20. The van der Waals surface area contributed by atoms with E-state index in [0.29, 0.717) is 23.7 Å². The summed E-state index contributed by atoms with van der Waals surface area (Å²) in [7, 11) is 1.59. The maximum Gasteiger partial charge on any atom is 0.240 e. The van der Waals surface area contributed by atoms with Crippen LogP contribution in [0, 0.1) is 0 Å². The average molecular weight is 399 g/mol. The molecule has 0 unspecified atom stereocenters. The van der Waals surface area contributed by atoms with Gasteiger partial charge in [0.05, 0.1) is 13.7 Å². The number of benzene rings is 2. The van der Waals surface area contributed by atoms with Crippen molar-refractivity contribution in [2.45, 2.75) is 13.8 Å². The predicted molar refractivity (Wildman–Crippen MR) is 110 cm³/mol. The number of carbonyl (C=O) groups excluding carboxylic acids is 3. The molecule has 2 aromatic carbocycles. The molecule has 0 atom stereocenters. The minimum Gasteiger partial charge on any atom is -0.497 e. The van der Waals surface area contributed by atoms with Crippen molar-refractivity contribution in [1.82, 2.24) is 5.32 Å². The van der Waals surface area contributed by atoms with Crippen molar-refractivity contribution in [1.29, 1.82) is 0 Å². The normalized spacial score (nSPS) is 10.0. The molecule has 154 valence electrons. The highest BCUT2D eigenvalue weighted by molar-refractivity contribution is 5.98. The van der Waals surface area contributed by atoms with Crippen LogP contribution >= 0.6 is 0 Å². The van der Waals surface area contributed by atoms with E-state index in [2.05, 4.69) is 10.6 Å². The number of nitrogens with zero attached hydrogens (tertiary/aromatic N) is 1. The molecule has 8 heteroatoms. The second kappa shape index (κ2) is 10.7. The van der Waals surface area contributed by atoms with Gasteiger partial charge in [0.2, 0.25) is 17.7 Å². The van der Waals surface area contributed by atoms with Gasteiger partial charge >= 0.3 is 0 Å². The Morgan fingerprint density at radius 1 is 1.00 bits per heavy atom. The van der Waals surface area contributed by atoms with Gasteiger partial charge in [0.1, 0.15) is 24.7 Å². The SMILES string of the molecule is COc1ccc(OCCNC(=O)CN(C(C)=O)c2cccc(NC(C)=O)c2)cc1. The molecule has 0 aromatic heterocycles. The third-order valence-electron chi connectivity index (χ3n) is 3.91. The Morgan fingerprint density at radius 2 is 1.69 bits per heavy atom. The molecule has 0 heterocycles. The Morgan fingerprint density at radius 3 is 2.31 bits per heavy atom. The molecule has 0 saturated carbocycles. The molecule has 0 bridgehead atoms. The predicted octanol–water partition coefficient (Wildman–Crippen LogP) is 2.20. The zero-order chi connectivity index (χ0) is 21.2. The smallest absolute Gasteiger partial charge is 0.240 e. The summed E-state index contributed by atoms with van der Waals surface area (Å²) in [6, 6.07) is 13.9. The largest absolute Gasteiger partial charge is 0.497 e. The van der Waals surface area contributed by atoms with Crippen molar-refractivity contribution in [2.75, 3.05) is 37.0 Å². The molecule has 8 nitrogen and oxygen atoms in total. The fourth-order valence-corrected chi connectivity index (χ4v) is 2.57. The van der Waals surface area contributed by atoms with E-state index in [1.807, 2.05) is 0 Å². The molecule has 29 heavy (non-hydrogen) atoms. The number of rotatable bonds is 9. The van der Waals surface area contributed by atoms with Gasteiger partial charge in [-0.1, -0.05) is 6.07 Å². The van der Waals surface area contributed by atoms with E-state index in [1.54, 1.807) is 55.6 Å². The van der Waals surface area contributed by atoms with Crippen LogP contribution in [-0.4, -0.2) is 44.5 Å². The molecule has 0 aliphatic heterocycles. The average Bonchev–Trinajstić information content (AvgIpc) is 2.69. The lowest BCUT2D eigenvalue weighted by Crippen LogP contribution is -2.41. The van der Waals surface area contributed by atoms with Gasteiger partial charge in [0.25, 0.3) is 0 Å². The Hall–Kier alpha value is -3.55. The van der Waals surface area contributed by atoms with Crippen molar-refractivity contribution in [3.8, 4) is 11.5 Å². The van der Waals surface area contributed by atoms with Crippen LogP contribution in [0.2, 0.25) is 0 Å². The first-order valence-corrected chi connectivity index (χ1v) is 9.08. The molecule has 0 radical (unpaired) electrons. The zero-order valence-corrected chi connectivity index (χ0v) is 16.7. The number of carbonyl (C=O) groups is 3. The fraction of sp³-hybridized carbons (Fsp3) is 0.286. The minimum absolute atomic E-state index is 0.138. The summed E-state index contributed by atoms with van der Waals surface area (Å²) in [6.45, 7) is 3.22. The topological polar surface area (TPSA) is 97.0 Å². The first-order chi connectivity index (χ1) is 13.9. The monoisotopic (exact) mass is 399 g/mol. The molecule has 0 aliphatic rings. The molecule has 0 spiro atoms. The first kappa shape index (κ1) is 21.7. The van der Waals surface area contributed by atoms with E-state index < -0.39 is 0 Å². The highest BCUT2D eigenvalue weighted by atomic mass is 16.5. The molecule has 2 aromatic rings.